The van der Waals surface area contributed by atoms with Gasteiger partial charge in [0.1, 0.15) is 0 Å². The molecule has 3 aromatic rings. The number of thiophene rings is 2. The maximum Gasteiger partial charge on any atom is 0.160 e. The Labute approximate surface area is 221 Å². The molecule has 0 aliphatic rings. The van der Waals surface area contributed by atoms with Crippen molar-refractivity contribution in [2.45, 2.75) is 91.9 Å². The maximum atomic E-state index is 11.7. The van der Waals surface area contributed by atoms with Crippen LogP contribution < -0.4 is 4.90 Å². The minimum absolute atomic E-state index is 0.862. The van der Waals surface area contributed by atoms with Crippen molar-refractivity contribution in [3.8, 4) is 20.2 Å². The predicted octanol–water partition coefficient (Wildman–Crippen LogP) is 10.0. The molecule has 4 heteroatoms. The second-order valence-corrected chi connectivity index (χ2v) is 11.6. The van der Waals surface area contributed by atoms with Crippen LogP contribution in [-0.4, -0.2) is 19.4 Å². The number of nitrogens with zero attached hydrogens (tertiary/aromatic N) is 1. The van der Waals surface area contributed by atoms with E-state index < -0.39 is 0 Å². The van der Waals surface area contributed by atoms with E-state index in [-0.39, 0.29) is 0 Å². The molecule has 0 unspecified atom stereocenters. The zero-order valence-electron chi connectivity index (χ0n) is 22.2. The summed E-state index contributed by atoms with van der Waals surface area (Å²) in [5, 5.41) is 0. The average Bonchev–Trinajstić information content (AvgIpc) is 3.49. The number of unbranched alkanes of at least 4 members (excludes halogenated alkanes) is 6. The molecule has 0 N–H and O–H groups in total. The Kier molecular flexibility index (Phi) is 11.5. The van der Waals surface area contributed by atoms with E-state index in [0.29, 0.717) is 0 Å². The van der Waals surface area contributed by atoms with Crippen LogP contribution in [0.1, 0.15) is 99.9 Å². The van der Waals surface area contributed by atoms with E-state index >= 15 is 0 Å². The number of hydrogen-bond donors (Lipinski definition) is 0. The maximum absolute atomic E-state index is 11.7. The van der Waals surface area contributed by atoms with Crippen LogP contribution in [0.3, 0.4) is 0 Å². The van der Waals surface area contributed by atoms with Crippen LogP contribution in [0.2, 0.25) is 0 Å². The summed E-state index contributed by atoms with van der Waals surface area (Å²) in [6.45, 7) is 11.0. The second kappa shape index (κ2) is 14.6. The summed E-state index contributed by atoms with van der Waals surface area (Å²) in [6, 6.07) is 13.7. The van der Waals surface area contributed by atoms with Gasteiger partial charge >= 0.3 is 0 Å². The molecule has 1 aromatic carbocycles. The first-order valence-corrected chi connectivity index (χ1v) is 15.3. The van der Waals surface area contributed by atoms with Gasteiger partial charge in [0.25, 0.3) is 0 Å². The van der Waals surface area contributed by atoms with Gasteiger partial charge < -0.3 is 4.90 Å². The van der Waals surface area contributed by atoms with Gasteiger partial charge in [-0.2, -0.15) is 0 Å². The third-order valence-electron chi connectivity index (χ3n) is 6.84. The van der Waals surface area contributed by atoms with Crippen molar-refractivity contribution in [2.24, 2.45) is 0 Å². The Morgan fingerprint density at radius 2 is 1.29 bits per heavy atom. The van der Waals surface area contributed by atoms with Crippen molar-refractivity contribution >= 4 is 34.6 Å². The van der Waals surface area contributed by atoms with Crippen LogP contribution in [0.4, 0.5) is 5.69 Å². The lowest BCUT2D eigenvalue weighted by molar-refractivity contribution is 0.112. The number of hydrogen-bond acceptors (Lipinski definition) is 4. The molecule has 0 saturated heterocycles. The monoisotopic (exact) mass is 509 g/mol. The summed E-state index contributed by atoms with van der Waals surface area (Å²) in [6.07, 6.45) is 13.3. The van der Waals surface area contributed by atoms with Gasteiger partial charge in [-0.25, -0.2) is 0 Å². The van der Waals surface area contributed by atoms with Crippen molar-refractivity contribution in [2.75, 3.05) is 18.0 Å². The summed E-state index contributed by atoms with van der Waals surface area (Å²) in [5.41, 5.74) is 5.42. The fourth-order valence-corrected chi connectivity index (χ4v) is 7.19. The molecular formula is C31H43NOS2. The highest BCUT2D eigenvalue weighted by Gasteiger charge is 2.18. The van der Waals surface area contributed by atoms with E-state index in [0.717, 1.165) is 37.1 Å². The lowest BCUT2D eigenvalue weighted by Crippen LogP contribution is -2.21. The van der Waals surface area contributed by atoms with Crippen LogP contribution in [0.5, 0.6) is 0 Å². The van der Waals surface area contributed by atoms with Crippen molar-refractivity contribution in [3.63, 3.8) is 0 Å². The largest absolute Gasteiger partial charge is 0.372 e. The number of rotatable bonds is 16. The van der Waals surface area contributed by atoms with Gasteiger partial charge in [0.15, 0.2) is 6.29 Å². The van der Waals surface area contributed by atoms with Gasteiger partial charge in [-0.15, -0.1) is 22.7 Å². The summed E-state index contributed by atoms with van der Waals surface area (Å²) >= 11 is 3.61. The number of anilines is 1. The fourth-order valence-electron chi connectivity index (χ4n) is 4.74. The number of carbonyl (C=O) groups is 1. The first-order chi connectivity index (χ1) is 17.1. The topological polar surface area (TPSA) is 20.3 Å². The molecule has 0 radical (unpaired) electrons. The molecule has 0 fully saturated rings. The number of aryl methyl sites for hydroxylation is 2. The van der Waals surface area contributed by atoms with Crippen LogP contribution in [-0.2, 0) is 12.8 Å². The van der Waals surface area contributed by atoms with Crippen molar-refractivity contribution in [1.29, 1.82) is 0 Å². The summed E-state index contributed by atoms with van der Waals surface area (Å²) in [5.74, 6) is 0. The molecule has 0 saturated carbocycles. The predicted molar refractivity (Wildman–Crippen MR) is 158 cm³/mol. The SMILES string of the molecule is CCCCCCc1cc(C=O)sc1-c1sc(-c2ccc(N(CC)CC)cc2)cc1CCCCCC. The Morgan fingerprint density at radius 1 is 0.714 bits per heavy atom. The van der Waals surface area contributed by atoms with Crippen molar-refractivity contribution in [3.05, 3.63) is 52.4 Å². The number of carbonyl (C=O) groups excluding carboxylic acids is 1. The molecule has 0 amide bonds. The molecule has 3 rings (SSSR count). The van der Waals surface area contributed by atoms with Crippen LogP contribution >= 0.6 is 22.7 Å². The zero-order valence-corrected chi connectivity index (χ0v) is 23.8. The van der Waals surface area contributed by atoms with E-state index in [1.165, 1.54) is 88.4 Å². The van der Waals surface area contributed by atoms with Crippen LogP contribution in [0.25, 0.3) is 20.2 Å². The standard InChI is InChI=1S/C31H43NOS2/c1-5-9-11-13-15-25-21-28(23-33)34-30(25)31-26(16-14-12-10-6-2)22-29(35-31)24-17-19-27(20-18-24)32(7-3)8-4/h17-23H,5-16H2,1-4H3. The van der Waals surface area contributed by atoms with E-state index in [1.807, 2.05) is 11.3 Å². The molecule has 190 valence electrons. The fraction of sp³-hybridized carbons (Fsp3) is 0.516. The van der Waals surface area contributed by atoms with Crippen LogP contribution in [0, 0.1) is 0 Å². The molecule has 2 heterocycles. The highest BCUT2D eigenvalue weighted by atomic mass is 32.1. The van der Waals surface area contributed by atoms with Gasteiger partial charge in [0.2, 0.25) is 0 Å². The molecule has 0 aliphatic heterocycles. The molecule has 35 heavy (non-hydrogen) atoms. The molecule has 2 nitrogen and oxygen atoms in total. The molecule has 2 aromatic heterocycles. The molecule has 0 aliphatic carbocycles. The summed E-state index contributed by atoms with van der Waals surface area (Å²) < 4.78 is 0. The average molecular weight is 510 g/mol. The Balaban J connectivity index is 1.94. The van der Waals surface area contributed by atoms with Gasteiger partial charge in [-0.3, -0.25) is 4.79 Å². The lowest BCUT2D eigenvalue weighted by Gasteiger charge is -2.21. The van der Waals surface area contributed by atoms with E-state index in [4.69, 9.17) is 0 Å². The zero-order chi connectivity index (χ0) is 25.0. The molecule has 0 spiro atoms. The first kappa shape index (κ1) is 27.7. The Hall–Kier alpha value is -1.91. The van der Waals surface area contributed by atoms with E-state index in [9.17, 15) is 4.79 Å². The van der Waals surface area contributed by atoms with Crippen molar-refractivity contribution in [1.82, 2.24) is 0 Å². The minimum atomic E-state index is 0.862. The molecular weight excluding hydrogens is 466 g/mol. The highest BCUT2D eigenvalue weighted by Crippen LogP contribution is 2.44. The Morgan fingerprint density at radius 3 is 1.83 bits per heavy atom. The summed E-state index contributed by atoms with van der Waals surface area (Å²) in [4.78, 5) is 19.0. The number of benzene rings is 1. The van der Waals surface area contributed by atoms with Gasteiger partial charge in [0.05, 0.1) is 4.88 Å². The van der Waals surface area contributed by atoms with E-state index in [1.54, 1.807) is 11.3 Å². The third-order valence-corrected chi connectivity index (χ3v) is 9.33. The minimum Gasteiger partial charge on any atom is -0.372 e. The lowest BCUT2D eigenvalue weighted by atomic mass is 10.0. The van der Waals surface area contributed by atoms with E-state index in [2.05, 4.69) is 69.0 Å². The Bertz CT molecular complexity index is 1030. The molecule has 0 bridgehead atoms. The first-order valence-electron chi connectivity index (χ1n) is 13.7. The van der Waals surface area contributed by atoms with Gasteiger partial charge in [-0.1, -0.05) is 64.5 Å². The second-order valence-electron chi connectivity index (χ2n) is 9.43. The highest BCUT2D eigenvalue weighted by molar-refractivity contribution is 7.24. The third kappa shape index (κ3) is 7.54. The smallest absolute Gasteiger partial charge is 0.160 e. The molecule has 0 atom stereocenters. The van der Waals surface area contributed by atoms with Crippen LogP contribution in [0.15, 0.2) is 36.4 Å². The van der Waals surface area contributed by atoms with Crippen molar-refractivity contribution < 1.29 is 4.79 Å². The van der Waals surface area contributed by atoms with Gasteiger partial charge in [0, 0.05) is 33.4 Å². The summed E-state index contributed by atoms with van der Waals surface area (Å²) in [7, 11) is 0. The van der Waals surface area contributed by atoms with Gasteiger partial charge in [-0.05, 0) is 80.5 Å². The quantitative estimate of drug-likeness (QED) is 0.141. The normalized spacial score (nSPS) is 11.2. The number of aldehydes is 1.